The van der Waals surface area contributed by atoms with Gasteiger partial charge < -0.3 is 11.1 Å². The molecule has 1 atom stereocenters. The highest BCUT2D eigenvalue weighted by Crippen LogP contribution is 2.19. The summed E-state index contributed by atoms with van der Waals surface area (Å²) in [5.74, 6) is -0.833. The number of rotatable bonds is 4. The van der Waals surface area contributed by atoms with E-state index in [2.05, 4.69) is 5.32 Å². The second-order valence-corrected chi connectivity index (χ2v) is 5.38. The van der Waals surface area contributed by atoms with Gasteiger partial charge in [-0.05, 0) is 57.1 Å². The lowest BCUT2D eigenvalue weighted by atomic mass is 9.95. The van der Waals surface area contributed by atoms with Crippen LogP contribution in [0.2, 0.25) is 0 Å². The maximum atomic E-state index is 12.8. The molecule has 1 aliphatic heterocycles. The molecule has 1 saturated heterocycles. The van der Waals surface area contributed by atoms with Crippen LogP contribution in [0.3, 0.4) is 0 Å². The molecular formula is C15H20FN3O2. The van der Waals surface area contributed by atoms with Crippen LogP contribution in [0.15, 0.2) is 24.3 Å². The number of hydrogen-bond donors (Lipinski definition) is 2. The number of likely N-dealkylation sites (tertiary alicyclic amines) is 1. The van der Waals surface area contributed by atoms with Crippen LogP contribution in [-0.2, 0) is 9.59 Å². The van der Waals surface area contributed by atoms with Crippen LogP contribution in [0.5, 0.6) is 0 Å². The molecule has 0 aromatic heterocycles. The van der Waals surface area contributed by atoms with Crippen LogP contribution in [0, 0.1) is 11.7 Å². The number of hydrogen-bond acceptors (Lipinski definition) is 3. The number of amides is 2. The summed E-state index contributed by atoms with van der Waals surface area (Å²) >= 11 is 0. The molecule has 2 amide bonds. The van der Waals surface area contributed by atoms with Crippen LogP contribution >= 0.6 is 0 Å². The van der Waals surface area contributed by atoms with Crippen LogP contribution in [0.25, 0.3) is 0 Å². The number of nitrogens with two attached hydrogens (primary N) is 1. The molecule has 0 unspecified atom stereocenters. The maximum Gasteiger partial charge on any atom is 0.241 e. The quantitative estimate of drug-likeness (QED) is 0.880. The largest absolute Gasteiger partial charge is 0.369 e. The monoisotopic (exact) mass is 293 g/mol. The van der Waals surface area contributed by atoms with Crippen LogP contribution in [0.1, 0.15) is 19.8 Å². The molecule has 1 aromatic carbocycles. The highest BCUT2D eigenvalue weighted by atomic mass is 19.1. The smallest absolute Gasteiger partial charge is 0.241 e. The normalized spacial score (nSPS) is 18.2. The van der Waals surface area contributed by atoms with Crippen molar-refractivity contribution in [2.75, 3.05) is 18.4 Å². The molecule has 3 N–H and O–H groups in total. The fourth-order valence-electron chi connectivity index (χ4n) is 2.52. The van der Waals surface area contributed by atoms with E-state index in [0.717, 1.165) is 0 Å². The molecule has 0 bridgehead atoms. The zero-order chi connectivity index (χ0) is 15.4. The average Bonchev–Trinajstić information content (AvgIpc) is 2.49. The molecule has 1 aliphatic rings. The van der Waals surface area contributed by atoms with Crippen LogP contribution < -0.4 is 11.1 Å². The Bertz CT molecular complexity index is 510. The molecule has 2 rings (SSSR count). The summed E-state index contributed by atoms with van der Waals surface area (Å²) in [5, 5.41) is 2.76. The number of nitrogens with one attached hydrogen (secondary N) is 1. The van der Waals surface area contributed by atoms with Crippen molar-refractivity contribution in [1.82, 2.24) is 4.90 Å². The molecule has 1 fully saturated rings. The summed E-state index contributed by atoms with van der Waals surface area (Å²) in [6.45, 7) is 3.17. The standard InChI is InChI=1S/C15H20FN3O2/c1-10(19-8-6-11(7-9-19)14(17)20)15(21)18-13-4-2-12(16)3-5-13/h2-5,10-11H,6-9H2,1H3,(H2,17,20)(H,18,21)/t10-/m0/s1. The van der Waals surface area contributed by atoms with Gasteiger partial charge in [0.15, 0.2) is 0 Å². The van der Waals surface area contributed by atoms with Gasteiger partial charge in [-0.15, -0.1) is 0 Å². The predicted molar refractivity (Wildman–Crippen MR) is 78.0 cm³/mol. The van der Waals surface area contributed by atoms with Gasteiger partial charge in [0.2, 0.25) is 11.8 Å². The molecule has 0 saturated carbocycles. The van der Waals surface area contributed by atoms with Crippen molar-refractivity contribution in [1.29, 1.82) is 0 Å². The van der Waals surface area contributed by atoms with E-state index in [1.165, 1.54) is 24.3 Å². The van der Waals surface area contributed by atoms with Crippen molar-refractivity contribution in [3.05, 3.63) is 30.1 Å². The van der Waals surface area contributed by atoms with E-state index in [-0.39, 0.29) is 29.6 Å². The molecule has 5 nitrogen and oxygen atoms in total. The number of benzene rings is 1. The van der Waals surface area contributed by atoms with E-state index in [4.69, 9.17) is 5.73 Å². The second-order valence-electron chi connectivity index (χ2n) is 5.38. The lowest BCUT2D eigenvalue weighted by Gasteiger charge is -2.34. The van der Waals surface area contributed by atoms with Crippen LogP contribution in [0.4, 0.5) is 10.1 Å². The van der Waals surface area contributed by atoms with E-state index >= 15 is 0 Å². The minimum Gasteiger partial charge on any atom is -0.369 e. The third-order valence-electron chi connectivity index (χ3n) is 3.97. The Labute approximate surface area is 123 Å². The summed E-state index contributed by atoms with van der Waals surface area (Å²) in [5.41, 5.74) is 5.87. The molecule has 0 aliphatic carbocycles. The molecule has 1 aromatic rings. The van der Waals surface area contributed by atoms with Gasteiger partial charge in [0, 0.05) is 11.6 Å². The molecular weight excluding hydrogens is 273 g/mol. The van der Waals surface area contributed by atoms with Crippen molar-refractivity contribution < 1.29 is 14.0 Å². The molecule has 21 heavy (non-hydrogen) atoms. The summed E-state index contributed by atoms with van der Waals surface area (Å²) < 4.78 is 12.8. The number of piperidine rings is 1. The van der Waals surface area contributed by atoms with Crippen molar-refractivity contribution in [3.63, 3.8) is 0 Å². The fraction of sp³-hybridized carbons (Fsp3) is 0.467. The van der Waals surface area contributed by atoms with Gasteiger partial charge in [-0.3, -0.25) is 14.5 Å². The first-order valence-electron chi connectivity index (χ1n) is 7.07. The number of nitrogens with zero attached hydrogens (tertiary/aromatic N) is 1. The lowest BCUT2D eigenvalue weighted by molar-refractivity contribution is -0.124. The Morgan fingerprint density at radius 2 is 1.86 bits per heavy atom. The third-order valence-corrected chi connectivity index (χ3v) is 3.97. The van der Waals surface area contributed by atoms with Gasteiger partial charge in [0.1, 0.15) is 5.82 Å². The average molecular weight is 293 g/mol. The van der Waals surface area contributed by atoms with E-state index in [1.54, 1.807) is 0 Å². The summed E-state index contributed by atoms with van der Waals surface area (Å²) in [4.78, 5) is 25.3. The fourth-order valence-corrected chi connectivity index (χ4v) is 2.52. The zero-order valence-electron chi connectivity index (χ0n) is 12.0. The summed E-state index contributed by atoms with van der Waals surface area (Å²) in [6.07, 6.45) is 1.37. The summed E-state index contributed by atoms with van der Waals surface area (Å²) in [6, 6.07) is 5.36. The lowest BCUT2D eigenvalue weighted by Crippen LogP contribution is -2.47. The topological polar surface area (TPSA) is 75.4 Å². The Morgan fingerprint density at radius 1 is 1.29 bits per heavy atom. The Kier molecular flexibility index (Phi) is 4.90. The van der Waals surface area contributed by atoms with E-state index in [0.29, 0.717) is 31.6 Å². The van der Waals surface area contributed by atoms with Crippen molar-refractivity contribution in [2.45, 2.75) is 25.8 Å². The Morgan fingerprint density at radius 3 is 2.38 bits per heavy atom. The first-order chi connectivity index (χ1) is 9.97. The molecule has 1 heterocycles. The summed E-state index contributed by atoms with van der Waals surface area (Å²) in [7, 11) is 0. The van der Waals surface area contributed by atoms with Gasteiger partial charge in [-0.25, -0.2) is 4.39 Å². The van der Waals surface area contributed by atoms with Crippen molar-refractivity contribution in [2.24, 2.45) is 11.7 Å². The van der Waals surface area contributed by atoms with Gasteiger partial charge >= 0.3 is 0 Å². The Balaban J connectivity index is 1.88. The van der Waals surface area contributed by atoms with Crippen molar-refractivity contribution >= 4 is 17.5 Å². The molecule has 6 heteroatoms. The first kappa shape index (κ1) is 15.4. The third kappa shape index (κ3) is 4.01. The van der Waals surface area contributed by atoms with E-state index in [1.807, 2.05) is 11.8 Å². The maximum absolute atomic E-state index is 12.8. The number of halogens is 1. The number of primary amides is 1. The minimum atomic E-state index is -0.338. The second kappa shape index (κ2) is 6.67. The Hall–Kier alpha value is -1.95. The first-order valence-corrected chi connectivity index (χ1v) is 7.07. The van der Waals surface area contributed by atoms with E-state index in [9.17, 15) is 14.0 Å². The number of carbonyl (C=O) groups excluding carboxylic acids is 2. The van der Waals surface area contributed by atoms with Gasteiger partial charge in [-0.1, -0.05) is 0 Å². The van der Waals surface area contributed by atoms with Crippen molar-refractivity contribution in [3.8, 4) is 0 Å². The number of carbonyl (C=O) groups is 2. The minimum absolute atomic E-state index is 0.0893. The predicted octanol–water partition coefficient (Wildman–Crippen LogP) is 1.35. The van der Waals surface area contributed by atoms with Gasteiger partial charge in [0.05, 0.1) is 6.04 Å². The SMILES string of the molecule is C[C@@H](C(=O)Nc1ccc(F)cc1)N1CCC(C(N)=O)CC1. The van der Waals surface area contributed by atoms with Gasteiger partial charge in [-0.2, -0.15) is 0 Å². The highest BCUT2D eigenvalue weighted by Gasteiger charge is 2.28. The highest BCUT2D eigenvalue weighted by molar-refractivity contribution is 5.94. The molecule has 114 valence electrons. The van der Waals surface area contributed by atoms with E-state index < -0.39 is 0 Å². The van der Waals surface area contributed by atoms with Gasteiger partial charge in [0.25, 0.3) is 0 Å². The zero-order valence-corrected chi connectivity index (χ0v) is 12.0. The molecule has 0 spiro atoms. The number of anilines is 1. The molecule has 0 radical (unpaired) electrons. The van der Waals surface area contributed by atoms with Crippen LogP contribution in [-0.4, -0.2) is 35.8 Å².